The van der Waals surface area contributed by atoms with E-state index in [1.165, 1.54) is 11.8 Å². The zero-order valence-electron chi connectivity index (χ0n) is 20.2. The van der Waals surface area contributed by atoms with Gasteiger partial charge in [0.1, 0.15) is 0 Å². The summed E-state index contributed by atoms with van der Waals surface area (Å²) in [6.45, 7) is 22.1. The fraction of sp³-hybridized carbons (Fsp3) is 0.857. The topological polar surface area (TPSA) is 68.0 Å². The van der Waals surface area contributed by atoms with Crippen molar-refractivity contribution < 1.29 is 14.1 Å². The van der Waals surface area contributed by atoms with Crippen molar-refractivity contribution in [2.24, 2.45) is 5.73 Å². The lowest BCUT2D eigenvalue weighted by Crippen LogP contribution is -2.43. The van der Waals surface area contributed by atoms with Gasteiger partial charge in [0, 0.05) is 41.2 Å². The number of nitrogens with two attached hydrogens (primary N) is 1. The summed E-state index contributed by atoms with van der Waals surface area (Å²) in [4.78, 5) is 11.9. The number of nitrogens with zero attached hydrogens (tertiary/aromatic N) is 2. The van der Waals surface area contributed by atoms with Gasteiger partial charge in [-0.15, -0.1) is 0 Å². The average Bonchev–Trinajstić information content (AvgIpc) is 2.58. The van der Waals surface area contributed by atoms with Crippen molar-refractivity contribution in [2.45, 2.75) is 99.8 Å². The summed E-state index contributed by atoms with van der Waals surface area (Å²) in [6.07, 6.45) is 0.796. The molecule has 0 fully saturated rings. The SMILES string of the molecule is C/C(N)=C(/C)C(=O)SCCCOCOP(N(C(C)C)C(C)C)N(C(C)C)C(C)C. The van der Waals surface area contributed by atoms with Gasteiger partial charge in [-0.05, 0) is 75.7 Å². The van der Waals surface area contributed by atoms with Gasteiger partial charge in [0.25, 0.3) is 0 Å². The van der Waals surface area contributed by atoms with Crippen LogP contribution >= 0.6 is 20.2 Å². The van der Waals surface area contributed by atoms with Crippen LogP contribution in [-0.2, 0) is 14.1 Å². The van der Waals surface area contributed by atoms with Crippen molar-refractivity contribution >= 4 is 25.3 Å². The number of carbonyl (C=O) groups excluding carboxylic acids is 1. The minimum absolute atomic E-state index is 0.0405. The number of allylic oxidation sites excluding steroid dienone is 1. The highest BCUT2D eigenvalue weighted by Gasteiger charge is 2.34. The van der Waals surface area contributed by atoms with Crippen molar-refractivity contribution in [3.8, 4) is 0 Å². The molecule has 0 unspecified atom stereocenters. The Labute approximate surface area is 184 Å². The summed E-state index contributed by atoms with van der Waals surface area (Å²) in [5, 5.41) is 0.0405. The first-order valence-corrected chi connectivity index (χ1v) is 12.7. The maximum atomic E-state index is 11.9. The van der Waals surface area contributed by atoms with Crippen LogP contribution in [0, 0.1) is 0 Å². The van der Waals surface area contributed by atoms with Gasteiger partial charge in [0.2, 0.25) is 5.12 Å². The third kappa shape index (κ3) is 10.6. The van der Waals surface area contributed by atoms with Crippen LogP contribution in [0.4, 0.5) is 0 Å². The summed E-state index contributed by atoms with van der Waals surface area (Å²) in [7, 11) is -0.934. The molecule has 0 aliphatic rings. The van der Waals surface area contributed by atoms with Crippen molar-refractivity contribution in [3.63, 3.8) is 0 Å². The van der Waals surface area contributed by atoms with E-state index in [2.05, 4.69) is 64.7 Å². The molecule has 0 heterocycles. The quantitative estimate of drug-likeness (QED) is 0.166. The lowest BCUT2D eigenvalue weighted by molar-refractivity contribution is -0.107. The highest BCUT2D eigenvalue weighted by atomic mass is 32.2. The summed E-state index contributed by atoms with van der Waals surface area (Å²) in [6, 6.07) is 1.52. The highest BCUT2D eigenvalue weighted by molar-refractivity contribution is 8.14. The predicted molar refractivity (Wildman–Crippen MR) is 128 cm³/mol. The second-order valence-corrected chi connectivity index (χ2v) is 11.1. The Kier molecular flexibility index (Phi) is 14.7. The van der Waals surface area contributed by atoms with Crippen molar-refractivity contribution in [3.05, 3.63) is 11.3 Å². The molecule has 0 aliphatic heterocycles. The number of rotatable bonds is 14. The first-order chi connectivity index (χ1) is 13.4. The Morgan fingerprint density at radius 2 is 1.38 bits per heavy atom. The average molecular weight is 450 g/mol. The van der Waals surface area contributed by atoms with Gasteiger partial charge in [-0.2, -0.15) is 0 Å². The molecule has 0 spiro atoms. The molecular weight excluding hydrogens is 405 g/mol. The van der Waals surface area contributed by atoms with Crippen molar-refractivity contribution in [1.82, 2.24) is 9.34 Å². The third-order valence-electron chi connectivity index (χ3n) is 4.33. The van der Waals surface area contributed by atoms with Crippen LogP contribution in [0.2, 0.25) is 0 Å². The molecule has 0 atom stereocenters. The van der Waals surface area contributed by atoms with Crippen LogP contribution in [0.3, 0.4) is 0 Å². The first kappa shape index (κ1) is 28.8. The molecule has 0 saturated heterocycles. The maximum Gasteiger partial charge on any atom is 0.216 e. The molecule has 29 heavy (non-hydrogen) atoms. The van der Waals surface area contributed by atoms with Gasteiger partial charge >= 0.3 is 0 Å². The second kappa shape index (κ2) is 14.8. The minimum atomic E-state index is -0.934. The molecule has 0 aliphatic carbocycles. The van der Waals surface area contributed by atoms with E-state index in [-0.39, 0.29) is 11.9 Å². The van der Waals surface area contributed by atoms with E-state index in [0.717, 1.165) is 6.42 Å². The lowest BCUT2D eigenvalue weighted by Gasteiger charge is -2.45. The van der Waals surface area contributed by atoms with Gasteiger partial charge in [-0.3, -0.25) is 4.79 Å². The van der Waals surface area contributed by atoms with E-state index in [1.54, 1.807) is 13.8 Å². The lowest BCUT2D eigenvalue weighted by atomic mass is 10.3. The Hall–Kier alpha value is -0.170. The Morgan fingerprint density at radius 3 is 1.76 bits per heavy atom. The molecule has 172 valence electrons. The zero-order valence-corrected chi connectivity index (χ0v) is 21.9. The third-order valence-corrected chi connectivity index (χ3v) is 8.36. The summed E-state index contributed by atoms with van der Waals surface area (Å²) in [5.41, 5.74) is 6.88. The van der Waals surface area contributed by atoms with E-state index in [4.69, 9.17) is 15.0 Å². The smallest absolute Gasteiger partial charge is 0.216 e. The number of ether oxygens (including phenoxy) is 1. The molecule has 0 aromatic heterocycles. The molecule has 0 amide bonds. The van der Waals surface area contributed by atoms with E-state index >= 15 is 0 Å². The fourth-order valence-electron chi connectivity index (χ4n) is 2.97. The molecule has 6 nitrogen and oxygen atoms in total. The minimum Gasteiger partial charge on any atom is -0.402 e. The Morgan fingerprint density at radius 1 is 0.931 bits per heavy atom. The van der Waals surface area contributed by atoms with Crippen LogP contribution < -0.4 is 5.73 Å². The summed E-state index contributed by atoms with van der Waals surface area (Å²) in [5.74, 6) is 0.715. The van der Waals surface area contributed by atoms with Gasteiger partial charge in [-0.25, -0.2) is 9.34 Å². The number of hydrogen-bond acceptors (Lipinski definition) is 7. The van der Waals surface area contributed by atoms with Crippen LogP contribution in [0.1, 0.15) is 75.7 Å². The molecule has 0 saturated carbocycles. The molecule has 8 heteroatoms. The number of carbonyl (C=O) groups is 1. The highest BCUT2D eigenvalue weighted by Crippen LogP contribution is 2.50. The van der Waals surface area contributed by atoms with E-state index < -0.39 is 8.45 Å². The normalized spacial score (nSPS) is 13.7. The Bertz CT molecular complexity index is 473. The molecule has 0 aromatic carbocycles. The number of thioether (sulfide) groups is 1. The van der Waals surface area contributed by atoms with Crippen molar-refractivity contribution in [2.75, 3.05) is 19.2 Å². The zero-order chi connectivity index (χ0) is 22.7. The number of hydrogen-bond donors (Lipinski definition) is 1. The van der Waals surface area contributed by atoms with Gasteiger partial charge in [0.15, 0.2) is 15.2 Å². The molecule has 0 rings (SSSR count). The molecule has 0 radical (unpaired) electrons. The monoisotopic (exact) mass is 449 g/mol. The van der Waals surface area contributed by atoms with E-state index in [0.29, 0.717) is 47.8 Å². The molecule has 0 bridgehead atoms. The second-order valence-electron chi connectivity index (χ2n) is 8.34. The fourth-order valence-corrected chi connectivity index (χ4v) is 6.05. The van der Waals surface area contributed by atoms with Gasteiger partial charge in [0.05, 0.1) is 6.61 Å². The predicted octanol–water partition coefficient (Wildman–Crippen LogP) is 5.34. The van der Waals surface area contributed by atoms with Crippen LogP contribution in [0.5, 0.6) is 0 Å². The molecule has 2 N–H and O–H groups in total. The van der Waals surface area contributed by atoms with Crippen LogP contribution in [0.25, 0.3) is 0 Å². The van der Waals surface area contributed by atoms with Crippen molar-refractivity contribution in [1.29, 1.82) is 0 Å². The molecular formula is C21H44N3O3PS. The summed E-state index contributed by atoms with van der Waals surface area (Å²) >= 11 is 1.29. The first-order valence-electron chi connectivity index (χ1n) is 10.6. The van der Waals surface area contributed by atoms with Crippen LogP contribution in [-0.4, -0.2) is 57.8 Å². The van der Waals surface area contributed by atoms with Gasteiger partial charge in [-0.1, -0.05) is 11.8 Å². The standard InChI is InChI=1S/C21H44N3O3PS/c1-15(2)23(16(3)4)28(24(17(5)6)18(7)8)27-14-26-12-11-13-29-21(25)19(9)20(10)22/h15-18H,11-14,22H2,1-10H3/b20-19+. The maximum absolute atomic E-state index is 11.9. The largest absolute Gasteiger partial charge is 0.402 e. The van der Waals surface area contributed by atoms with E-state index in [1.807, 2.05) is 0 Å². The molecule has 0 aromatic rings. The van der Waals surface area contributed by atoms with Crippen LogP contribution in [0.15, 0.2) is 11.3 Å². The van der Waals surface area contributed by atoms with E-state index in [9.17, 15) is 4.79 Å². The summed E-state index contributed by atoms with van der Waals surface area (Å²) < 4.78 is 16.9. The van der Waals surface area contributed by atoms with Gasteiger partial charge < -0.3 is 15.0 Å². The Balaban J connectivity index is 4.69.